The Hall–Kier alpha value is -2.57. The van der Waals surface area contributed by atoms with Crippen LogP contribution in [0.2, 0.25) is 0 Å². The highest BCUT2D eigenvalue weighted by molar-refractivity contribution is 7.13. The van der Waals surface area contributed by atoms with Crippen molar-refractivity contribution in [3.8, 4) is 10.4 Å². The lowest BCUT2D eigenvalue weighted by Crippen LogP contribution is -2.35. The van der Waals surface area contributed by atoms with Gasteiger partial charge in [0.05, 0.1) is 16.1 Å². The monoisotopic (exact) mass is 539 g/mol. The second kappa shape index (κ2) is 17.1. The van der Waals surface area contributed by atoms with E-state index in [1.807, 2.05) is 12.4 Å². The number of thiazole rings is 1. The first kappa shape index (κ1) is 33.5. The number of nitrogens with zero attached hydrogens (tertiary/aromatic N) is 2. The molecule has 6 heteroatoms. The fourth-order valence-electron chi connectivity index (χ4n) is 5.04. The average molecular weight is 540 g/mol. The molecule has 0 amide bonds. The van der Waals surface area contributed by atoms with Gasteiger partial charge in [-0.15, -0.1) is 11.3 Å². The van der Waals surface area contributed by atoms with Crippen LogP contribution in [0.4, 0.5) is 0 Å². The first-order valence-corrected chi connectivity index (χ1v) is 14.7. The first-order chi connectivity index (χ1) is 18.0. The third-order valence-corrected chi connectivity index (χ3v) is 7.94. The predicted molar refractivity (Wildman–Crippen MR) is 169 cm³/mol. The van der Waals surface area contributed by atoms with Crippen LogP contribution in [0.15, 0.2) is 67.6 Å². The lowest BCUT2D eigenvalue weighted by Gasteiger charge is -2.39. The zero-order chi connectivity index (χ0) is 28.7. The van der Waals surface area contributed by atoms with E-state index >= 15 is 0 Å². The molecule has 5 nitrogen and oxygen atoms in total. The van der Waals surface area contributed by atoms with Crippen molar-refractivity contribution in [1.29, 1.82) is 0 Å². The Morgan fingerprint density at radius 2 is 1.84 bits per heavy atom. The number of rotatable bonds is 10. The third kappa shape index (κ3) is 11.0. The molecule has 1 fully saturated rings. The Morgan fingerprint density at radius 1 is 1.21 bits per heavy atom. The number of nitrogens with one attached hydrogen (secondary N) is 1. The standard InChI is InChI=1S/C17H34N2.C13H14N2S.C2H5N/c1-13-11-14(2)19(12-13)15(3)16(17(4,5)6)9-7-8-10-18;1-3-14-8-11-4-6-12(7-5-11)13-10(2)15-9-16-13;1-2-3/h13-14,16H,3,7-12,18H2,1-2,4-6H3;3-7,9,14H,1,8H2,2H3;2H,1,3H2/t13-,14?,16-;;/m1../s1. The quantitative estimate of drug-likeness (QED) is 0.273. The molecule has 212 valence electrons. The topological polar surface area (TPSA) is 80.2 Å². The van der Waals surface area contributed by atoms with Crippen LogP contribution in [0.1, 0.15) is 71.6 Å². The molecule has 1 aromatic carbocycles. The molecule has 3 rings (SSSR count). The van der Waals surface area contributed by atoms with Crippen molar-refractivity contribution in [3.05, 3.63) is 78.9 Å². The van der Waals surface area contributed by atoms with Crippen LogP contribution < -0.4 is 16.8 Å². The van der Waals surface area contributed by atoms with Crippen molar-refractivity contribution in [2.45, 2.75) is 79.8 Å². The van der Waals surface area contributed by atoms with Crippen molar-refractivity contribution in [1.82, 2.24) is 15.2 Å². The summed E-state index contributed by atoms with van der Waals surface area (Å²) < 4.78 is 0. The maximum absolute atomic E-state index is 5.63. The SMILES string of the molecule is C=C([C@@H](CCCCN)C(C)(C)C)N1C[C@H](C)CC1C.C=CN.C=CNCc1ccc(-c2scnc2C)cc1. The summed E-state index contributed by atoms with van der Waals surface area (Å²) in [4.78, 5) is 8.07. The minimum Gasteiger partial charge on any atom is -0.405 e. The van der Waals surface area contributed by atoms with E-state index in [2.05, 4.69) is 99.6 Å². The molecule has 38 heavy (non-hydrogen) atoms. The second-order valence-corrected chi connectivity index (χ2v) is 12.2. The van der Waals surface area contributed by atoms with Crippen molar-refractivity contribution in [2.24, 2.45) is 28.7 Å². The van der Waals surface area contributed by atoms with Gasteiger partial charge in [-0.05, 0) is 74.5 Å². The van der Waals surface area contributed by atoms with Gasteiger partial charge in [-0.25, -0.2) is 4.98 Å². The van der Waals surface area contributed by atoms with Gasteiger partial charge in [0, 0.05) is 30.7 Å². The molecular formula is C32H53N5S. The van der Waals surface area contributed by atoms with Crippen LogP contribution in [0, 0.1) is 24.2 Å². The van der Waals surface area contributed by atoms with Crippen LogP contribution in [0.25, 0.3) is 10.4 Å². The molecule has 2 heterocycles. The molecule has 2 aromatic rings. The number of unbranched alkanes of at least 4 members (excludes halogenated alkanes) is 1. The van der Waals surface area contributed by atoms with Gasteiger partial charge in [-0.1, -0.05) is 78.1 Å². The van der Waals surface area contributed by atoms with Crippen molar-refractivity contribution < 1.29 is 0 Å². The highest BCUT2D eigenvalue weighted by Gasteiger charge is 2.34. The largest absolute Gasteiger partial charge is 0.405 e. The number of likely N-dealkylation sites (tertiary alicyclic amines) is 1. The number of benzene rings is 1. The summed E-state index contributed by atoms with van der Waals surface area (Å²) in [5, 5.41) is 3.08. The van der Waals surface area contributed by atoms with E-state index in [1.165, 1.54) is 53.7 Å². The minimum absolute atomic E-state index is 0.289. The van der Waals surface area contributed by atoms with E-state index in [0.29, 0.717) is 12.0 Å². The van der Waals surface area contributed by atoms with Gasteiger partial charge in [0.15, 0.2) is 0 Å². The Balaban J connectivity index is 0.000000348. The molecule has 0 aliphatic carbocycles. The summed E-state index contributed by atoms with van der Waals surface area (Å²) >= 11 is 1.68. The minimum atomic E-state index is 0.289. The van der Waals surface area contributed by atoms with Gasteiger partial charge in [-0.3, -0.25) is 0 Å². The molecule has 1 aliphatic heterocycles. The first-order valence-electron chi connectivity index (χ1n) is 13.8. The van der Waals surface area contributed by atoms with Gasteiger partial charge in [-0.2, -0.15) is 0 Å². The Morgan fingerprint density at radius 3 is 2.29 bits per heavy atom. The van der Waals surface area contributed by atoms with Gasteiger partial charge in [0.25, 0.3) is 0 Å². The summed E-state index contributed by atoms with van der Waals surface area (Å²) in [5.41, 5.74) is 17.4. The van der Waals surface area contributed by atoms with Crippen LogP contribution in [0.3, 0.4) is 0 Å². The van der Waals surface area contributed by atoms with E-state index in [4.69, 9.17) is 5.73 Å². The molecule has 3 atom stereocenters. The van der Waals surface area contributed by atoms with Gasteiger partial charge >= 0.3 is 0 Å². The number of hydrogen-bond donors (Lipinski definition) is 3. The number of hydrogen-bond acceptors (Lipinski definition) is 6. The van der Waals surface area contributed by atoms with Gasteiger partial charge < -0.3 is 21.7 Å². The highest BCUT2D eigenvalue weighted by Crippen LogP contribution is 2.39. The Labute approximate surface area is 237 Å². The summed E-state index contributed by atoms with van der Waals surface area (Å²) in [6.07, 6.45) is 7.83. The predicted octanol–water partition coefficient (Wildman–Crippen LogP) is 7.46. The number of aryl methyl sites for hydroxylation is 1. The van der Waals surface area contributed by atoms with E-state index in [-0.39, 0.29) is 5.41 Å². The molecule has 0 saturated carbocycles. The maximum atomic E-state index is 5.63. The summed E-state index contributed by atoms with van der Waals surface area (Å²) in [5.74, 6) is 1.38. The molecule has 1 aromatic heterocycles. The van der Waals surface area contributed by atoms with Crippen LogP contribution in [-0.2, 0) is 6.54 Å². The fraction of sp³-hybridized carbons (Fsp3) is 0.531. The number of nitrogens with two attached hydrogens (primary N) is 2. The molecule has 0 bridgehead atoms. The third-order valence-electron chi connectivity index (χ3n) is 6.96. The second-order valence-electron chi connectivity index (χ2n) is 11.3. The van der Waals surface area contributed by atoms with E-state index < -0.39 is 0 Å². The Kier molecular flexibility index (Phi) is 15.1. The maximum Gasteiger partial charge on any atom is 0.0801 e. The van der Waals surface area contributed by atoms with Crippen molar-refractivity contribution in [2.75, 3.05) is 13.1 Å². The molecule has 1 saturated heterocycles. The van der Waals surface area contributed by atoms with Crippen LogP contribution in [-0.4, -0.2) is 29.0 Å². The normalized spacial score (nSPS) is 17.4. The molecule has 5 N–H and O–H groups in total. The molecule has 0 radical (unpaired) electrons. The van der Waals surface area contributed by atoms with Gasteiger partial charge in [0.1, 0.15) is 0 Å². The Bertz CT molecular complexity index is 957. The summed E-state index contributed by atoms with van der Waals surface area (Å²) in [6.45, 7) is 27.8. The smallest absolute Gasteiger partial charge is 0.0801 e. The zero-order valence-corrected chi connectivity index (χ0v) is 25.6. The lowest BCUT2D eigenvalue weighted by molar-refractivity contribution is 0.190. The highest BCUT2D eigenvalue weighted by atomic mass is 32.1. The van der Waals surface area contributed by atoms with Crippen molar-refractivity contribution in [3.63, 3.8) is 0 Å². The molecule has 1 unspecified atom stereocenters. The summed E-state index contributed by atoms with van der Waals surface area (Å²) in [6, 6.07) is 9.19. The van der Waals surface area contributed by atoms with Crippen LogP contribution in [0.5, 0.6) is 0 Å². The number of aromatic nitrogens is 1. The molecule has 1 aliphatic rings. The van der Waals surface area contributed by atoms with Gasteiger partial charge in [0.2, 0.25) is 0 Å². The van der Waals surface area contributed by atoms with E-state index in [1.54, 1.807) is 17.5 Å². The van der Waals surface area contributed by atoms with Crippen LogP contribution >= 0.6 is 11.3 Å². The lowest BCUT2D eigenvalue weighted by atomic mass is 9.75. The fourth-order valence-corrected chi connectivity index (χ4v) is 5.85. The van der Waals surface area contributed by atoms with E-state index in [9.17, 15) is 0 Å². The molecule has 0 spiro atoms. The zero-order valence-electron chi connectivity index (χ0n) is 24.8. The summed E-state index contributed by atoms with van der Waals surface area (Å²) in [7, 11) is 0. The molecular weight excluding hydrogens is 486 g/mol. The van der Waals surface area contributed by atoms with E-state index in [0.717, 1.165) is 31.1 Å². The van der Waals surface area contributed by atoms with Crippen molar-refractivity contribution >= 4 is 11.3 Å². The average Bonchev–Trinajstić information content (AvgIpc) is 3.44. The number of allylic oxidation sites excluding steroid dienone is 1.